The number of hydrogen-bond acceptors (Lipinski definition) is 3. The largest absolute Gasteiger partial charge is 0.497 e. The number of rotatable bonds is 4. The average molecular weight is 370 g/mol. The van der Waals surface area contributed by atoms with Gasteiger partial charge in [-0.25, -0.2) is 4.39 Å². The van der Waals surface area contributed by atoms with Gasteiger partial charge in [0.1, 0.15) is 11.6 Å². The SMILES string of the molecule is COc1cccc(CC(=O)N2CCN(C(=O)c3ccc(F)c(C)c3)CC2)c1. The van der Waals surface area contributed by atoms with Crippen molar-refractivity contribution in [3.05, 3.63) is 65.0 Å². The van der Waals surface area contributed by atoms with Gasteiger partial charge >= 0.3 is 0 Å². The van der Waals surface area contributed by atoms with Crippen LogP contribution in [0.15, 0.2) is 42.5 Å². The summed E-state index contributed by atoms with van der Waals surface area (Å²) in [6.07, 6.45) is 0.308. The van der Waals surface area contributed by atoms with Gasteiger partial charge in [0.15, 0.2) is 0 Å². The minimum absolute atomic E-state index is 0.0352. The summed E-state index contributed by atoms with van der Waals surface area (Å²) < 4.78 is 18.6. The lowest BCUT2D eigenvalue weighted by Crippen LogP contribution is -2.51. The van der Waals surface area contributed by atoms with Crippen LogP contribution >= 0.6 is 0 Å². The van der Waals surface area contributed by atoms with Crippen LogP contribution in [0.5, 0.6) is 5.75 Å². The average Bonchev–Trinajstić information content (AvgIpc) is 2.69. The Labute approximate surface area is 158 Å². The molecule has 1 heterocycles. The van der Waals surface area contributed by atoms with Crippen LogP contribution < -0.4 is 4.74 Å². The second-order valence-electron chi connectivity index (χ2n) is 6.67. The van der Waals surface area contributed by atoms with Crippen molar-refractivity contribution in [3.63, 3.8) is 0 Å². The van der Waals surface area contributed by atoms with Gasteiger partial charge in [0.25, 0.3) is 5.91 Å². The first-order chi connectivity index (χ1) is 13.0. The number of amides is 2. The molecule has 6 heteroatoms. The lowest BCUT2D eigenvalue weighted by atomic mass is 10.1. The lowest BCUT2D eigenvalue weighted by molar-refractivity contribution is -0.131. The first kappa shape index (κ1) is 18.9. The van der Waals surface area contributed by atoms with E-state index in [1.54, 1.807) is 29.9 Å². The number of carbonyl (C=O) groups is 2. The minimum atomic E-state index is -0.320. The van der Waals surface area contributed by atoms with E-state index in [0.29, 0.717) is 43.7 Å². The van der Waals surface area contributed by atoms with Crippen LogP contribution in [0.4, 0.5) is 4.39 Å². The van der Waals surface area contributed by atoms with Crippen LogP contribution in [-0.2, 0) is 11.2 Å². The fraction of sp³-hybridized carbons (Fsp3) is 0.333. The van der Waals surface area contributed by atoms with E-state index in [2.05, 4.69) is 0 Å². The third kappa shape index (κ3) is 4.45. The maximum absolute atomic E-state index is 13.4. The summed E-state index contributed by atoms with van der Waals surface area (Å²) >= 11 is 0. The molecule has 2 aromatic carbocycles. The van der Waals surface area contributed by atoms with Gasteiger partial charge in [0.05, 0.1) is 13.5 Å². The molecule has 0 aromatic heterocycles. The van der Waals surface area contributed by atoms with E-state index >= 15 is 0 Å². The summed E-state index contributed by atoms with van der Waals surface area (Å²) in [6, 6.07) is 11.9. The molecule has 1 aliphatic heterocycles. The Balaban J connectivity index is 1.56. The second-order valence-corrected chi connectivity index (χ2v) is 6.67. The van der Waals surface area contributed by atoms with Crippen molar-refractivity contribution < 1.29 is 18.7 Å². The summed E-state index contributed by atoms with van der Waals surface area (Å²) in [6.45, 7) is 3.57. The van der Waals surface area contributed by atoms with Gasteiger partial charge in [-0.3, -0.25) is 9.59 Å². The molecule has 142 valence electrons. The second kappa shape index (κ2) is 8.20. The first-order valence-corrected chi connectivity index (χ1v) is 8.94. The number of carbonyl (C=O) groups excluding carboxylic acids is 2. The number of nitrogens with zero attached hydrogens (tertiary/aromatic N) is 2. The number of methoxy groups -OCH3 is 1. The van der Waals surface area contributed by atoms with Crippen LogP contribution in [0, 0.1) is 12.7 Å². The Morgan fingerprint density at radius 1 is 1.04 bits per heavy atom. The molecule has 1 fully saturated rings. The molecule has 0 atom stereocenters. The predicted molar refractivity (Wildman–Crippen MR) is 100 cm³/mol. The summed E-state index contributed by atoms with van der Waals surface area (Å²) in [4.78, 5) is 28.6. The maximum Gasteiger partial charge on any atom is 0.253 e. The summed E-state index contributed by atoms with van der Waals surface area (Å²) in [5.74, 6) is 0.316. The summed E-state index contributed by atoms with van der Waals surface area (Å²) in [5.41, 5.74) is 1.83. The highest BCUT2D eigenvalue weighted by Gasteiger charge is 2.25. The fourth-order valence-corrected chi connectivity index (χ4v) is 3.19. The zero-order valence-corrected chi connectivity index (χ0v) is 15.6. The Bertz CT molecular complexity index is 845. The molecule has 5 nitrogen and oxygen atoms in total. The first-order valence-electron chi connectivity index (χ1n) is 8.94. The van der Waals surface area contributed by atoms with Crippen LogP contribution in [0.25, 0.3) is 0 Å². The number of piperazine rings is 1. The Morgan fingerprint density at radius 2 is 1.74 bits per heavy atom. The normalized spacial score (nSPS) is 14.2. The van der Waals surface area contributed by atoms with Gasteiger partial charge in [0.2, 0.25) is 5.91 Å². The molecule has 0 aliphatic carbocycles. The van der Waals surface area contributed by atoms with Crippen molar-refractivity contribution in [2.45, 2.75) is 13.3 Å². The number of aryl methyl sites for hydroxylation is 1. The topological polar surface area (TPSA) is 49.9 Å². The molecule has 0 unspecified atom stereocenters. The quantitative estimate of drug-likeness (QED) is 0.831. The van der Waals surface area contributed by atoms with Gasteiger partial charge < -0.3 is 14.5 Å². The molecule has 1 saturated heterocycles. The molecule has 27 heavy (non-hydrogen) atoms. The number of halogens is 1. The molecule has 1 aliphatic rings. The van der Waals surface area contributed by atoms with Crippen molar-refractivity contribution >= 4 is 11.8 Å². The number of ether oxygens (including phenoxy) is 1. The van der Waals surface area contributed by atoms with Gasteiger partial charge in [-0.05, 0) is 48.4 Å². The van der Waals surface area contributed by atoms with E-state index in [0.717, 1.165) is 11.3 Å². The maximum atomic E-state index is 13.4. The van der Waals surface area contributed by atoms with Crippen LogP contribution in [0.3, 0.4) is 0 Å². The van der Waals surface area contributed by atoms with Gasteiger partial charge in [-0.15, -0.1) is 0 Å². The molecule has 0 radical (unpaired) electrons. The van der Waals surface area contributed by atoms with Crippen molar-refractivity contribution in [2.24, 2.45) is 0 Å². The van der Waals surface area contributed by atoms with Crippen LogP contribution in [0.1, 0.15) is 21.5 Å². The monoisotopic (exact) mass is 370 g/mol. The van der Waals surface area contributed by atoms with Crippen LogP contribution in [-0.4, -0.2) is 54.9 Å². The zero-order valence-electron chi connectivity index (χ0n) is 15.6. The van der Waals surface area contributed by atoms with E-state index in [-0.39, 0.29) is 17.6 Å². The Morgan fingerprint density at radius 3 is 2.41 bits per heavy atom. The standard InChI is InChI=1S/C21H23FN2O3/c1-15-12-17(6-7-19(15)22)21(26)24-10-8-23(9-11-24)20(25)14-16-4-3-5-18(13-16)27-2/h3-7,12-13H,8-11,14H2,1-2H3. The van der Waals surface area contributed by atoms with E-state index < -0.39 is 0 Å². The van der Waals surface area contributed by atoms with Gasteiger partial charge in [0, 0.05) is 31.7 Å². The van der Waals surface area contributed by atoms with Crippen molar-refractivity contribution in [2.75, 3.05) is 33.3 Å². The molecule has 2 amide bonds. The van der Waals surface area contributed by atoms with Crippen LogP contribution in [0.2, 0.25) is 0 Å². The van der Waals surface area contributed by atoms with E-state index in [9.17, 15) is 14.0 Å². The molecule has 0 spiro atoms. The minimum Gasteiger partial charge on any atom is -0.497 e. The third-order valence-electron chi connectivity index (χ3n) is 4.81. The molecule has 0 saturated carbocycles. The van der Waals surface area contributed by atoms with E-state index in [4.69, 9.17) is 4.74 Å². The van der Waals surface area contributed by atoms with Crippen molar-refractivity contribution in [1.82, 2.24) is 9.80 Å². The molecular formula is C21H23FN2O3. The molecule has 3 rings (SSSR count). The predicted octanol–water partition coefficient (Wildman–Crippen LogP) is 2.67. The third-order valence-corrected chi connectivity index (χ3v) is 4.81. The highest BCUT2D eigenvalue weighted by atomic mass is 19.1. The van der Waals surface area contributed by atoms with E-state index in [1.807, 2.05) is 24.3 Å². The summed E-state index contributed by atoms with van der Waals surface area (Å²) in [7, 11) is 1.60. The molecule has 0 N–H and O–H groups in total. The Hall–Kier alpha value is -2.89. The number of benzene rings is 2. The molecule has 0 bridgehead atoms. The number of hydrogen-bond donors (Lipinski definition) is 0. The Kier molecular flexibility index (Phi) is 5.74. The van der Waals surface area contributed by atoms with Gasteiger partial charge in [-0.1, -0.05) is 12.1 Å². The fourth-order valence-electron chi connectivity index (χ4n) is 3.19. The summed E-state index contributed by atoms with van der Waals surface area (Å²) in [5, 5.41) is 0. The highest BCUT2D eigenvalue weighted by molar-refractivity contribution is 5.94. The van der Waals surface area contributed by atoms with Crippen molar-refractivity contribution in [3.8, 4) is 5.75 Å². The lowest BCUT2D eigenvalue weighted by Gasteiger charge is -2.35. The van der Waals surface area contributed by atoms with Gasteiger partial charge in [-0.2, -0.15) is 0 Å². The highest BCUT2D eigenvalue weighted by Crippen LogP contribution is 2.16. The van der Waals surface area contributed by atoms with E-state index in [1.165, 1.54) is 12.1 Å². The smallest absolute Gasteiger partial charge is 0.253 e. The molecular weight excluding hydrogens is 347 g/mol. The molecule has 2 aromatic rings. The zero-order chi connectivity index (χ0) is 19.4. The van der Waals surface area contributed by atoms with Crippen molar-refractivity contribution in [1.29, 1.82) is 0 Å².